The van der Waals surface area contributed by atoms with E-state index < -0.39 is 0 Å². The summed E-state index contributed by atoms with van der Waals surface area (Å²) in [5, 5.41) is 0. The minimum Gasteiger partial charge on any atom is -0.362 e. The molecule has 1 heterocycles. The molecule has 1 aliphatic carbocycles. The predicted molar refractivity (Wildman–Crippen MR) is 72.5 cm³/mol. The van der Waals surface area contributed by atoms with Crippen molar-refractivity contribution in [2.24, 2.45) is 5.73 Å². The molecule has 2 aliphatic rings. The van der Waals surface area contributed by atoms with Crippen molar-refractivity contribution < 1.29 is 0 Å². The lowest BCUT2D eigenvalue weighted by Gasteiger charge is -2.29. The highest BCUT2D eigenvalue weighted by Gasteiger charge is 2.45. The van der Waals surface area contributed by atoms with E-state index in [1.807, 2.05) is 6.08 Å². The van der Waals surface area contributed by atoms with Crippen LogP contribution in [0.5, 0.6) is 0 Å². The van der Waals surface area contributed by atoms with Gasteiger partial charge >= 0.3 is 0 Å². The SMILES string of the molecule is C=CCN1c2c(C)cccc2C2CCC(N)C21. The van der Waals surface area contributed by atoms with Gasteiger partial charge in [0.25, 0.3) is 0 Å². The number of fused-ring (bicyclic) bond motifs is 3. The summed E-state index contributed by atoms with van der Waals surface area (Å²) in [5.41, 5.74) is 10.6. The van der Waals surface area contributed by atoms with E-state index >= 15 is 0 Å². The molecule has 0 radical (unpaired) electrons. The van der Waals surface area contributed by atoms with Crippen molar-refractivity contribution in [3.8, 4) is 0 Å². The average molecular weight is 228 g/mol. The van der Waals surface area contributed by atoms with Gasteiger partial charge in [-0.2, -0.15) is 0 Å². The molecule has 3 atom stereocenters. The van der Waals surface area contributed by atoms with Crippen LogP contribution in [0.3, 0.4) is 0 Å². The number of anilines is 1. The van der Waals surface area contributed by atoms with Gasteiger partial charge in [-0.15, -0.1) is 6.58 Å². The normalized spacial score (nSPS) is 30.2. The van der Waals surface area contributed by atoms with E-state index in [0.29, 0.717) is 18.0 Å². The maximum Gasteiger partial charge on any atom is 0.0514 e. The van der Waals surface area contributed by atoms with Gasteiger partial charge in [-0.25, -0.2) is 0 Å². The summed E-state index contributed by atoms with van der Waals surface area (Å²) < 4.78 is 0. The molecule has 0 aromatic heterocycles. The zero-order chi connectivity index (χ0) is 12.0. The first kappa shape index (κ1) is 10.8. The Morgan fingerprint density at radius 2 is 2.29 bits per heavy atom. The molecule has 90 valence electrons. The third-order valence-corrected chi connectivity index (χ3v) is 4.30. The number of hydrogen-bond acceptors (Lipinski definition) is 2. The van der Waals surface area contributed by atoms with Crippen molar-refractivity contribution in [1.29, 1.82) is 0 Å². The minimum absolute atomic E-state index is 0.312. The van der Waals surface area contributed by atoms with E-state index in [-0.39, 0.29) is 0 Å². The summed E-state index contributed by atoms with van der Waals surface area (Å²) in [6.07, 6.45) is 4.37. The van der Waals surface area contributed by atoms with E-state index in [1.54, 1.807) is 0 Å². The lowest BCUT2D eigenvalue weighted by molar-refractivity contribution is 0.549. The molecule has 2 heteroatoms. The van der Waals surface area contributed by atoms with Crippen LogP contribution in [0.1, 0.15) is 29.9 Å². The molecule has 1 saturated carbocycles. The highest BCUT2D eigenvalue weighted by Crippen LogP contribution is 2.49. The first-order chi connectivity index (χ1) is 8.24. The summed E-state index contributed by atoms with van der Waals surface area (Å²) >= 11 is 0. The molecule has 1 aromatic rings. The van der Waals surface area contributed by atoms with Gasteiger partial charge in [0.05, 0.1) is 6.04 Å². The number of nitrogens with two attached hydrogens (primary N) is 1. The topological polar surface area (TPSA) is 29.3 Å². The average Bonchev–Trinajstić information content (AvgIpc) is 2.82. The van der Waals surface area contributed by atoms with Gasteiger partial charge in [-0.3, -0.25) is 0 Å². The molecule has 1 aliphatic heterocycles. The number of rotatable bonds is 2. The van der Waals surface area contributed by atoms with Crippen molar-refractivity contribution in [3.05, 3.63) is 42.0 Å². The first-order valence-electron chi connectivity index (χ1n) is 6.46. The fourth-order valence-electron chi connectivity index (χ4n) is 3.67. The number of nitrogens with zero attached hydrogens (tertiary/aromatic N) is 1. The molecule has 17 heavy (non-hydrogen) atoms. The molecule has 1 aromatic carbocycles. The standard InChI is InChI=1S/C15H20N2/c1-3-9-17-14-10(2)5-4-6-11(14)12-7-8-13(16)15(12)17/h3-6,12-13,15H,1,7-9,16H2,2H3. The fourth-order valence-corrected chi connectivity index (χ4v) is 3.67. The van der Waals surface area contributed by atoms with Crippen LogP contribution in [0.2, 0.25) is 0 Å². The van der Waals surface area contributed by atoms with Crippen LogP contribution in [-0.4, -0.2) is 18.6 Å². The van der Waals surface area contributed by atoms with Gasteiger partial charge in [0.2, 0.25) is 0 Å². The van der Waals surface area contributed by atoms with Crippen LogP contribution in [0.25, 0.3) is 0 Å². The van der Waals surface area contributed by atoms with Crippen LogP contribution in [0.4, 0.5) is 5.69 Å². The van der Waals surface area contributed by atoms with Gasteiger partial charge in [-0.05, 0) is 30.9 Å². The van der Waals surface area contributed by atoms with Crippen LogP contribution >= 0.6 is 0 Å². The Bertz CT molecular complexity index is 452. The molecule has 3 unspecified atom stereocenters. The maximum atomic E-state index is 6.29. The Kier molecular flexibility index (Phi) is 2.48. The van der Waals surface area contributed by atoms with Crippen molar-refractivity contribution in [2.75, 3.05) is 11.4 Å². The predicted octanol–water partition coefficient (Wildman–Crippen LogP) is 2.57. The molecule has 0 bridgehead atoms. The molecular formula is C15H20N2. The molecule has 2 nitrogen and oxygen atoms in total. The molecule has 0 spiro atoms. The lowest BCUT2D eigenvalue weighted by atomic mass is 9.96. The Labute approximate surface area is 103 Å². The zero-order valence-electron chi connectivity index (χ0n) is 10.4. The molecule has 2 N–H and O–H groups in total. The van der Waals surface area contributed by atoms with Crippen molar-refractivity contribution in [1.82, 2.24) is 0 Å². The summed E-state index contributed by atoms with van der Waals surface area (Å²) in [6, 6.07) is 7.45. The highest BCUT2D eigenvalue weighted by atomic mass is 15.2. The number of hydrogen-bond donors (Lipinski definition) is 1. The van der Waals surface area contributed by atoms with E-state index in [4.69, 9.17) is 5.73 Å². The quantitative estimate of drug-likeness (QED) is 0.788. The van der Waals surface area contributed by atoms with Gasteiger partial charge in [0.15, 0.2) is 0 Å². The van der Waals surface area contributed by atoms with Crippen LogP contribution in [0.15, 0.2) is 30.9 Å². The third kappa shape index (κ3) is 1.44. The fraction of sp³-hybridized carbons (Fsp3) is 0.467. The zero-order valence-corrected chi connectivity index (χ0v) is 10.4. The van der Waals surface area contributed by atoms with Gasteiger partial charge in [0.1, 0.15) is 0 Å². The highest BCUT2D eigenvalue weighted by molar-refractivity contribution is 5.67. The Morgan fingerprint density at radius 3 is 3.06 bits per heavy atom. The summed E-state index contributed by atoms with van der Waals surface area (Å²) in [6.45, 7) is 6.99. The van der Waals surface area contributed by atoms with E-state index in [9.17, 15) is 0 Å². The van der Waals surface area contributed by atoms with Crippen LogP contribution in [-0.2, 0) is 0 Å². The second kappa shape index (κ2) is 3.88. The molecule has 1 fully saturated rings. The van der Waals surface area contributed by atoms with E-state index in [1.165, 1.54) is 23.2 Å². The smallest absolute Gasteiger partial charge is 0.0514 e. The van der Waals surface area contributed by atoms with Crippen molar-refractivity contribution in [2.45, 2.75) is 37.8 Å². The second-order valence-electron chi connectivity index (χ2n) is 5.29. The summed E-state index contributed by atoms with van der Waals surface area (Å²) in [4.78, 5) is 2.47. The lowest BCUT2D eigenvalue weighted by Crippen LogP contribution is -2.44. The second-order valence-corrected chi connectivity index (χ2v) is 5.29. The summed E-state index contributed by atoms with van der Waals surface area (Å²) in [5.74, 6) is 0.639. The van der Waals surface area contributed by atoms with E-state index in [0.717, 1.165) is 13.0 Å². The number of para-hydroxylation sites is 1. The molecule has 0 saturated heterocycles. The van der Waals surface area contributed by atoms with E-state index in [2.05, 4.69) is 36.6 Å². The van der Waals surface area contributed by atoms with Crippen LogP contribution < -0.4 is 10.6 Å². The van der Waals surface area contributed by atoms with Crippen molar-refractivity contribution in [3.63, 3.8) is 0 Å². The largest absolute Gasteiger partial charge is 0.362 e. The number of benzene rings is 1. The molecular weight excluding hydrogens is 208 g/mol. The Balaban J connectivity index is 2.11. The Morgan fingerprint density at radius 1 is 1.47 bits per heavy atom. The molecule has 3 rings (SSSR count). The van der Waals surface area contributed by atoms with Gasteiger partial charge in [-0.1, -0.05) is 24.3 Å². The Hall–Kier alpha value is -1.28. The molecule has 0 amide bonds. The first-order valence-corrected chi connectivity index (χ1v) is 6.46. The maximum absolute atomic E-state index is 6.29. The monoisotopic (exact) mass is 228 g/mol. The minimum atomic E-state index is 0.312. The van der Waals surface area contributed by atoms with Gasteiger partial charge < -0.3 is 10.6 Å². The third-order valence-electron chi connectivity index (χ3n) is 4.30. The van der Waals surface area contributed by atoms with Crippen molar-refractivity contribution >= 4 is 5.69 Å². The van der Waals surface area contributed by atoms with Gasteiger partial charge in [0, 0.05) is 24.2 Å². The number of aryl methyl sites for hydroxylation is 1. The van der Waals surface area contributed by atoms with Crippen LogP contribution in [0, 0.1) is 6.92 Å². The summed E-state index contributed by atoms with van der Waals surface area (Å²) in [7, 11) is 0.